The summed E-state index contributed by atoms with van der Waals surface area (Å²) in [5, 5.41) is 2.23. The van der Waals surface area contributed by atoms with Crippen molar-refractivity contribution in [3.8, 4) is 11.5 Å². The first kappa shape index (κ1) is 24.2. The van der Waals surface area contributed by atoms with Crippen molar-refractivity contribution in [3.05, 3.63) is 94.0 Å². The van der Waals surface area contributed by atoms with Crippen molar-refractivity contribution in [2.75, 3.05) is 11.5 Å². The standard InChI is InChI=1S/C27H23BrN2O5/c1-2-15-34-22-13-9-21(10-14-22)30-26(32)24(25(31)29-27(30)33)16-18-5-11-23(12-6-18)35-17-19-3-7-20(28)8-4-19/h3-14,16H,2,15,17H2,1H3,(H,29,31,33)/b24-16-. The first-order chi connectivity index (χ1) is 16.9. The fourth-order valence-corrected chi connectivity index (χ4v) is 3.64. The minimum atomic E-state index is -0.795. The van der Waals surface area contributed by atoms with Crippen LogP contribution in [-0.2, 0) is 16.2 Å². The molecule has 1 heterocycles. The van der Waals surface area contributed by atoms with Crippen molar-refractivity contribution in [2.45, 2.75) is 20.0 Å². The van der Waals surface area contributed by atoms with Gasteiger partial charge >= 0.3 is 6.03 Å². The van der Waals surface area contributed by atoms with Gasteiger partial charge in [0.2, 0.25) is 0 Å². The van der Waals surface area contributed by atoms with Crippen LogP contribution in [-0.4, -0.2) is 24.5 Å². The number of imide groups is 2. The molecule has 35 heavy (non-hydrogen) atoms. The third-order valence-corrected chi connectivity index (χ3v) is 5.71. The number of nitrogens with one attached hydrogen (secondary N) is 1. The fraction of sp³-hybridized carbons (Fsp3) is 0.148. The minimum Gasteiger partial charge on any atom is -0.494 e. The monoisotopic (exact) mass is 534 g/mol. The van der Waals surface area contributed by atoms with E-state index in [-0.39, 0.29) is 5.57 Å². The molecule has 1 aliphatic heterocycles. The highest BCUT2D eigenvalue weighted by Gasteiger charge is 2.36. The number of hydrogen-bond acceptors (Lipinski definition) is 5. The van der Waals surface area contributed by atoms with Crippen molar-refractivity contribution >= 4 is 45.5 Å². The summed E-state index contributed by atoms with van der Waals surface area (Å²) in [5.41, 5.74) is 1.85. The highest BCUT2D eigenvalue weighted by atomic mass is 79.9. The van der Waals surface area contributed by atoms with Gasteiger partial charge in [0.15, 0.2) is 0 Å². The van der Waals surface area contributed by atoms with Crippen molar-refractivity contribution in [1.82, 2.24) is 5.32 Å². The van der Waals surface area contributed by atoms with Gasteiger partial charge in [-0.05, 0) is 72.2 Å². The quantitative estimate of drug-likeness (QED) is 0.305. The molecule has 0 bridgehead atoms. The van der Waals surface area contributed by atoms with Gasteiger partial charge < -0.3 is 9.47 Å². The predicted octanol–water partition coefficient (Wildman–Crippen LogP) is 5.48. The first-order valence-corrected chi connectivity index (χ1v) is 11.9. The molecule has 0 aliphatic carbocycles. The Morgan fingerprint density at radius 1 is 0.857 bits per heavy atom. The molecular weight excluding hydrogens is 512 g/mol. The number of urea groups is 1. The highest BCUT2D eigenvalue weighted by molar-refractivity contribution is 9.10. The molecule has 3 aromatic rings. The number of ether oxygens (including phenoxy) is 2. The Kier molecular flexibility index (Phi) is 7.62. The summed E-state index contributed by atoms with van der Waals surface area (Å²) < 4.78 is 12.3. The topological polar surface area (TPSA) is 84.9 Å². The molecule has 178 valence electrons. The van der Waals surface area contributed by atoms with E-state index in [0.717, 1.165) is 21.4 Å². The number of anilines is 1. The summed E-state index contributed by atoms with van der Waals surface area (Å²) in [6.07, 6.45) is 2.32. The average Bonchev–Trinajstić information content (AvgIpc) is 2.86. The highest BCUT2D eigenvalue weighted by Crippen LogP contribution is 2.25. The summed E-state index contributed by atoms with van der Waals surface area (Å²) in [5.74, 6) is -0.155. The van der Waals surface area contributed by atoms with Gasteiger partial charge in [-0.1, -0.05) is 47.1 Å². The van der Waals surface area contributed by atoms with E-state index in [1.807, 2.05) is 31.2 Å². The van der Waals surface area contributed by atoms with Crippen molar-refractivity contribution < 1.29 is 23.9 Å². The Balaban J connectivity index is 1.47. The number of halogens is 1. The van der Waals surface area contributed by atoms with Gasteiger partial charge in [-0.15, -0.1) is 0 Å². The zero-order valence-corrected chi connectivity index (χ0v) is 20.6. The van der Waals surface area contributed by atoms with Crippen molar-refractivity contribution in [2.24, 2.45) is 0 Å². The molecule has 1 N–H and O–H groups in total. The molecule has 1 saturated heterocycles. The van der Waals surface area contributed by atoms with Crippen LogP contribution in [0.3, 0.4) is 0 Å². The van der Waals surface area contributed by atoms with E-state index in [0.29, 0.717) is 36.0 Å². The van der Waals surface area contributed by atoms with Gasteiger partial charge in [0.1, 0.15) is 23.7 Å². The molecule has 4 amide bonds. The Morgan fingerprint density at radius 2 is 1.49 bits per heavy atom. The maximum atomic E-state index is 13.1. The minimum absolute atomic E-state index is 0.139. The Labute approximate surface area is 211 Å². The molecule has 1 aliphatic rings. The normalized spacial score (nSPS) is 14.7. The van der Waals surface area contributed by atoms with Crippen molar-refractivity contribution in [1.29, 1.82) is 0 Å². The Morgan fingerprint density at radius 3 is 2.14 bits per heavy atom. The van der Waals surface area contributed by atoms with E-state index in [2.05, 4.69) is 21.2 Å². The smallest absolute Gasteiger partial charge is 0.335 e. The predicted molar refractivity (Wildman–Crippen MR) is 136 cm³/mol. The lowest BCUT2D eigenvalue weighted by molar-refractivity contribution is -0.122. The maximum Gasteiger partial charge on any atom is 0.335 e. The van der Waals surface area contributed by atoms with Gasteiger partial charge in [0.05, 0.1) is 12.3 Å². The number of carbonyl (C=O) groups excluding carboxylic acids is 3. The third kappa shape index (κ3) is 5.96. The average molecular weight is 535 g/mol. The van der Waals surface area contributed by atoms with Gasteiger partial charge in [-0.2, -0.15) is 0 Å². The van der Waals surface area contributed by atoms with Gasteiger partial charge in [0.25, 0.3) is 11.8 Å². The lowest BCUT2D eigenvalue weighted by atomic mass is 10.1. The molecule has 0 spiro atoms. The number of hydrogen-bond donors (Lipinski definition) is 1. The molecule has 7 nitrogen and oxygen atoms in total. The summed E-state index contributed by atoms with van der Waals surface area (Å²) >= 11 is 3.40. The zero-order chi connectivity index (χ0) is 24.8. The van der Waals surface area contributed by atoms with Crippen LogP contribution in [0.1, 0.15) is 24.5 Å². The molecule has 0 unspecified atom stereocenters. The molecule has 1 fully saturated rings. The molecule has 4 rings (SSSR count). The largest absolute Gasteiger partial charge is 0.494 e. The SMILES string of the molecule is CCCOc1ccc(N2C(=O)NC(=O)/C(=C/c3ccc(OCc4ccc(Br)cc4)cc3)C2=O)cc1. The first-order valence-electron chi connectivity index (χ1n) is 11.1. The lowest BCUT2D eigenvalue weighted by Gasteiger charge is -2.26. The van der Waals surface area contributed by atoms with E-state index in [1.54, 1.807) is 48.5 Å². The second-order valence-electron chi connectivity index (χ2n) is 7.78. The summed E-state index contributed by atoms with van der Waals surface area (Å²) in [6, 6.07) is 20.6. The molecule has 0 aromatic heterocycles. The van der Waals surface area contributed by atoms with Crippen LogP contribution >= 0.6 is 15.9 Å². The molecular formula is C27H23BrN2O5. The Bertz CT molecular complexity index is 1250. The number of amides is 4. The molecule has 0 radical (unpaired) electrons. The number of nitrogens with zero attached hydrogens (tertiary/aromatic N) is 1. The van der Waals surface area contributed by atoms with Crippen LogP contribution in [0.4, 0.5) is 10.5 Å². The second-order valence-corrected chi connectivity index (χ2v) is 8.70. The van der Waals surface area contributed by atoms with Crippen LogP contribution in [0.25, 0.3) is 6.08 Å². The van der Waals surface area contributed by atoms with Crippen LogP contribution in [0.15, 0.2) is 82.8 Å². The molecule has 0 saturated carbocycles. The summed E-state index contributed by atoms with van der Waals surface area (Å²) in [4.78, 5) is 38.9. The van der Waals surface area contributed by atoms with E-state index in [9.17, 15) is 14.4 Å². The Hall–Kier alpha value is -3.91. The zero-order valence-electron chi connectivity index (χ0n) is 19.0. The van der Waals surface area contributed by atoms with Gasteiger partial charge in [0, 0.05) is 4.47 Å². The summed E-state index contributed by atoms with van der Waals surface area (Å²) in [7, 11) is 0. The van der Waals surface area contributed by atoms with Gasteiger partial charge in [-0.25, -0.2) is 9.69 Å². The van der Waals surface area contributed by atoms with Crippen LogP contribution in [0.2, 0.25) is 0 Å². The lowest BCUT2D eigenvalue weighted by Crippen LogP contribution is -2.54. The maximum absolute atomic E-state index is 13.1. The van der Waals surface area contributed by atoms with Gasteiger partial charge in [-0.3, -0.25) is 14.9 Å². The van der Waals surface area contributed by atoms with E-state index in [4.69, 9.17) is 9.47 Å². The van der Waals surface area contributed by atoms with Crippen LogP contribution < -0.4 is 19.7 Å². The number of carbonyl (C=O) groups is 3. The fourth-order valence-electron chi connectivity index (χ4n) is 3.38. The van der Waals surface area contributed by atoms with Crippen LogP contribution in [0, 0.1) is 0 Å². The van der Waals surface area contributed by atoms with E-state index < -0.39 is 17.8 Å². The molecule has 3 aromatic carbocycles. The second kappa shape index (κ2) is 11.0. The number of barbiturate groups is 1. The number of rotatable bonds is 8. The molecule has 0 atom stereocenters. The van der Waals surface area contributed by atoms with E-state index >= 15 is 0 Å². The molecule has 8 heteroatoms. The van der Waals surface area contributed by atoms with Crippen molar-refractivity contribution in [3.63, 3.8) is 0 Å². The summed E-state index contributed by atoms with van der Waals surface area (Å²) in [6.45, 7) is 2.98. The van der Waals surface area contributed by atoms with Crippen LogP contribution in [0.5, 0.6) is 11.5 Å². The third-order valence-electron chi connectivity index (χ3n) is 5.18. The number of benzene rings is 3. The van der Waals surface area contributed by atoms with E-state index in [1.165, 1.54) is 6.08 Å².